The molecule has 176 valence electrons. The van der Waals surface area contributed by atoms with Crippen LogP contribution in [0.15, 0.2) is 66.3 Å². The molecule has 0 radical (unpaired) electrons. The molecule has 0 aliphatic heterocycles. The zero-order valence-corrected chi connectivity index (χ0v) is 20.3. The molecule has 0 aliphatic carbocycles. The lowest BCUT2D eigenvalue weighted by Crippen LogP contribution is -2.50. The van der Waals surface area contributed by atoms with Gasteiger partial charge in [-0.15, -0.1) is 16.4 Å². The van der Waals surface area contributed by atoms with E-state index in [0.717, 1.165) is 16.8 Å². The normalized spacial score (nSPS) is 12.4. The lowest BCUT2D eigenvalue weighted by Gasteiger charge is -2.34. The topological polar surface area (TPSA) is 93.0 Å². The molecule has 1 N–H and O–H groups in total. The summed E-state index contributed by atoms with van der Waals surface area (Å²) >= 11 is 1.55. The van der Waals surface area contributed by atoms with E-state index in [9.17, 15) is 9.59 Å². The van der Waals surface area contributed by atoms with Gasteiger partial charge in [0, 0.05) is 28.4 Å². The number of nitrogens with one attached hydrogen (secondary N) is 1. The van der Waals surface area contributed by atoms with Crippen molar-refractivity contribution < 1.29 is 9.59 Å². The fourth-order valence-electron chi connectivity index (χ4n) is 3.65. The minimum atomic E-state index is -0.844. The summed E-state index contributed by atoms with van der Waals surface area (Å²) in [6.07, 6.45) is 4.05. The van der Waals surface area contributed by atoms with Gasteiger partial charge >= 0.3 is 0 Å². The summed E-state index contributed by atoms with van der Waals surface area (Å²) in [6, 6.07) is 14.2. The molecule has 9 heteroatoms. The predicted octanol–water partition coefficient (Wildman–Crippen LogP) is 3.96. The van der Waals surface area contributed by atoms with Crippen molar-refractivity contribution in [3.8, 4) is 0 Å². The minimum Gasteiger partial charge on any atom is -0.349 e. The molecule has 3 heterocycles. The highest BCUT2D eigenvalue weighted by Gasteiger charge is 2.34. The molecule has 8 nitrogen and oxygen atoms in total. The van der Waals surface area contributed by atoms with Crippen LogP contribution in [0, 0.1) is 0 Å². The lowest BCUT2D eigenvalue weighted by atomic mass is 9.99. The third-order valence-corrected chi connectivity index (χ3v) is 6.70. The maximum atomic E-state index is 13.8. The summed E-state index contributed by atoms with van der Waals surface area (Å²) in [5.41, 5.74) is 1.71. The van der Waals surface area contributed by atoms with E-state index in [0.29, 0.717) is 17.6 Å². The van der Waals surface area contributed by atoms with Crippen LogP contribution >= 0.6 is 11.3 Å². The minimum absolute atomic E-state index is 0.0346. The third-order valence-electron chi connectivity index (χ3n) is 5.84. The molecule has 0 saturated heterocycles. The molecule has 1 atom stereocenters. The van der Waals surface area contributed by atoms with Gasteiger partial charge in [0.15, 0.2) is 0 Å². The standard InChI is InChI=1S/C25H28N6O2S/c1-4-25(2,3)27-24(33)23(18-9-7-13-26-15-18)30(16-19-10-8-14-34-19)22(32)17-31-21-12-6-5-11-20(21)28-29-31/h5-15,23H,4,16-17H2,1-3H3,(H,27,33)/t23-/m1/s1. The van der Waals surface area contributed by atoms with Crippen LogP contribution in [0.1, 0.15) is 43.7 Å². The predicted molar refractivity (Wildman–Crippen MR) is 132 cm³/mol. The highest BCUT2D eigenvalue weighted by atomic mass is 32.1. The van der Waals surface area contributed by atoms with Gasteiger partial charge in [-0.2, -0.15) is 0 Å². The van der Waals surface area contributed by atoms with Gasteiger partial charge in [0.05, 0.1) is 12.1 Å². The number of thiophene rings is 1. The van der Waals surface area contributed by atoms with Crippen molar-refractivity contribution in [1.29, 1.82) is 0 Å². The van der Waals surface area contributed by atoms with E-state index in [1.165, 1.54) is 0 Å². The van der Waals surface area contributed by atoms with E-state index in [1.54, 1.807) is 39.4 Å². The Balaban J connectivity index is 1.72. The quantitative estimate of drug-likeness (QED) is 0.395. The maximum Gasteiger partial charge on any atom is 0.247 e. The number of carbonyl (C=O) groups is 2. The average Bonchev–Trinajstić information content (AvgIpc) is 3.49. The number of hydrogen-bond donors (Lipinski definition) is 1. The molecule has 1 aromatic carbocycles. The number of carbonyl (C=O) groups excluding carboxylic acids is 2. The van der Waals surface area contributed by atoms with Crippen molar-refractivity contribution in [2.45, 2.75) is 51.9 Å². The number of rotatable bonds is 9. The Labute approximate surface area is 202 Å². The van der Waals surface area contributed by atoms with E-state index in [2.05, 4.69) is 20.6 Å². The van der Waals surface area contributed by atoms with E-state index >= 15 is 0 Å². The number of aromatic nitrogens is 4. The summed E-state index contributed by atoms with van der Waals surface area (Å²) in [5.74, 6) is -0.476. The summed E-state index contributed by atoms with van der Waals surface area (Å²) in [5, 5.41) is 13.4. The zero-order valence-electron chi connectivity index (χ0n) is 19.5. The molecule has 0 spiro atoms. The van der Waals surface area contributed by atoms with Crippen LogP contribution in [0.3, 0.4) is 0 Å². The van der Waals surface area contributed by atoms with Crippen LogP contribution in [0.25, 0.3) is 11.0 Å². The summed E-state index contributed by atoms with van der Waals surface area (Å²) in [7, 11) is 0. The van der Waals surface area contributed by atoms with Gasteiger partial charge in [-0.05, 0) is 49.9 Å². The molecule has 0 aliphatic rings. The number of benzene rings is 1. The first kappa shape index (κ1) is 23.6. The van der Waals surface area contributed by atoms with Crippen LogP contribution in [0.2, 0.25) is 0 Å². The summed E-state index contributed by atoms with van der Waals surface area (Å²) < 4.78 is 1.58. The average molecular weight is 477 g/mol. The van der Waals surface area contributed by atoms with Crippen molar-refractivity contribution in [2.75, 3.05) is 0 Å². The molecular weight excluding hydrogens is 448 g/mol. The van der Waals surface area contributed by atoms with E-state index in [4.69, 9.17) is 0 Å². The Morgan fingerprint density at radius 1 is 1.15 bits per heavy atom. The summed E-state index contributed by atoms with van der Waals surface area (Å²) in [4.78, 5) is 34.2. The first-order valence-corrected chi connectivity index (χ1v) is 12.1. The monoisotopic (exact) mass is 476 g/mol. The Morgan fingerprint density at radius 2 is 1.97 bits per heavy atom. The van der Waals surface area contributed by atoms with Crippen LogP contribution < -0.4 is 5.32 Å². The zero-order chi connectivity index (χ0) is 24.1. The van der Waals surface area contributed by atoms with Gasteiger partial charge in [0.25, 0.3) is 0 Å². The number of hydrogen-bond acceptors (Lipinski definition) is 6. The molecule has 3 aromatic heterocycles. The molecular formula is C25H28N6O2S. The van der Waals surface area contributed by atoms with Gasteiger partial charge in [-0.1, -0.05) is 36.4 Å². The van der Waals surface area contributed by atoms with Gasteiger partial charge in [-0.25, -0.2) is 4.68 Å². The van der Waals surface area contributed by atoms with Crippen LogP contribution in [-0.2, 0) is 22.7 Å². The fraction of sp³-hybridized carbons (Fsp3) is 0.320. The first-order valence-electron chi connectivity index (χ1n) is 11.2. The van der Waals surface area contributed by atoms with Gasteiger partial charge in [-0.3, -0.25) is 14.6 Å². The van der Waals surface area contributed by atoms with Crippen molar-refractivity contribution in [3.05, 3.63) is 76.7 Å². The van der Waals surface area contributed by atoms with E-state index < -0.39 is 11.6 Å². The summed E-state index contributed by atoms with van der Waals surface area (Å²) in [6.45, 7) is 6.22. The van der Waals surface area contributed by atoms with Crippen LogP contribution in [-0.4, -0.2) is 42.2 Å². The second-order valence-electron chi connectivity index (χ2n) is 8.75. The van der Waals surface area contributed by atoms with Crippen molar-refractivity contribution >= 4 is 34.2 Å². The number of pyridine rings is 1. The van der Waals surface area contributed by atoms with Crippen molar-refractivity contribution in [1.82, 2.24) is 30.2 Å². The molecule has 4 rings (SSSR count). The Hall–Kier alpha value is -3.59. The number of fused-ring (bicyclic) bond motifs is 1. The third kappa shape index (κ3) is 5.31. The molecule has 34 heavy (non-hydrogen) atoms. The molecule has 0 bridgehead atoms. The highest BCUT2D eigenvalue weighted by molar-refractivity contribution is 7.09. The van der Waals surface area contributed by atoms with Crippen LogP contribution in [0.4, 0.5) is 0 Å². The van der Waals surface area contributed by atoms with E-state index in [1.807, 2.05) is 68.6 Å². The molecule has 0 unspecified atom stereocenters. The number of amides is 2. The molecule has 0 fully saturated rings. The highest BCUT2D eigenvalue weighted by Crippen LogP contribution is 2.26. The fourth-order valence-corrected chi connectivity index (χ4v) is 4.35. The number of nitrogens with zero attached hydrogens (tertiary/aromatic N) is 5. The Morgan fingerprint density at radius 3 is 2.68 bits per heavy atom. The van der Waals surface area contributed by atoms with Crippen molar-refractivity contribution in [3.63, 3.8) is 0 Å². The van der Waals surface area contributed by atoms with Crippen molar-refractivity contribution in [2.24, 2.45) is 0 Å². The van der Waals surface area contributed by atoms with Crippen LogP contribution in [0.5, 0.6) is 0 Å². The molecule has 0 saturated carbocycles. The SMILES string of the molecule is CCC(C)(C)NC(=O)[C@@H](c1cccnc1)N(Cc1cccs1)C(=O)Cn1nnc2ccccc21. The van der Waals surface area contributed by atoms with Gasteiger partial charge in [0.1, 0.15) is 18.1 Å². The lowest BCUT2D eigenvalue weighted by molar-refractivity contribution is -0.142. The molecule has 2 amide bonds. The van der Waals surface area contributed by atoms with Gasteiger partial charge < -0.3 is 10.2 Å². The Bertz CT molecular complexity index is 1250. The Kier molecular flexibility index (Phi) is 7.02. The number of para-hydroxylation sites is 1. The maximum absolute atomic E-state index is 13.8. The van der Waals surface area contributed by atoms with Gasteiger partial charge in [0.2, 0.25) is 11.8 Å². The molecule has 4 aromatic rings. The largest absolute Gasteiger partial charge is 0.349 e. The van der Waals surface area contributed by atoms with E-state index in [-0.39, 0.29) is 18.4 Å². The smallest absolute Gasteiger partial charge is 0.247 e. The second kappa shape index (κ2) is 10.1. The second-order valence-corrected chi connectivity index (χ2v) is 9.78. The first-order chi connectivity index (χ1) is 16.4.